The van der Waals surface area contributed by atoms with Crippen molar-refractivity contribution in [3.05, 3.63) is 95.8 Å². The SMILES string of the molecule is C=C1N=C(N)C(C)=CN1[C@@H]1O[C@H](CCP(=C)(C)C)[C@@H](O)[C@H]1O.C=C1N=C(N)C(I)=CN1[C@@H]1O[C@H](CCP(=C)(C)C)[C@@H](O)[C@H]1O.C=C1N=C(N)C=CN1[C@@H]1O[C@H](CCP(=C)(C)C)[C@@H](O)[C@H]1O.C=C1N=C(N)C=NN1[C@@H]1O[C@H](CCP(=C)(C)C)[C@@H](O)[C@H]1O.C=C1NC(N)=NC=[N+]1[C@@H]1O[C@H](CCP(=C)(C)C)[C@@H](O)[C@H]1O. The molecule has 38 heteroatoms. The highest BCUT2D eigenvalue weighted by atomic mass is 127. The van der Waals surface area contributed by atoms with Gasteiger partial charge in [0.15, 0.2) is 24.9 Å². The average Bonchev–Trinajstić information content (AvgIpc) is 1.67. The van der Waals surface area contributed by atoms with Crippen molar-refractivity contribution >= 4 is 130 Å². The first-order chi connectivity index (χ1) is 49.3. The third kappa shape index (κ3) is 25.9. The molecule has 10 rings (SSSR count). The van der Waals surface area contributed by atoms with Crippen LogP contribution in [0.2, 0.25) is 0 Å². The van der Waals surface area contributed by atoms with E-state index in [4.69, 9.17) is 52.4 Å². The zero-order chi connectivity index (χ0) is 80.7. The van der Waals surface area contributed by atoms with Crippen LogP contribution in [0.5, 0.6) is 0 Å². The molecule has 602 valence electrons. The van der Waals surface area contributed by atoms with E-state index in [1.807, 2.05) is 6.92 Å². The van der Waals surface area contributed by atoms with E-state index in [2.05, 4.69) is 189 Å². The van der Waals surface area contributed by atoms with E-state index in [0.717, 1.165) is 40.0 Å². The first kappa shape index (κ1) is 91.1. The summed E-state index contributed by atoms with van der Waals surface area (Å²) in [4.78, 5) is 25.1. The topological polar surface area (TPSA) is 481 Å². The number of halogens is 1. The largest absolute Gasteiger partial charge is 0.388 e. The van der Waals surface area contributed by atoms with E-state index < -0.39 is 157 Å². The molecule has 10 aliphatic rings. The third-order valence-corrected chi connectivity index (χ3v) is 26.3. The minimum absolute atomic E-state index is 0.226. The van der Waals surface area contributed by atoms with Crippen molar-refractivity contribution in [3.63, 3.8) is 0 Å². The van der Waals surface area contributed by atoms with Gasteiger partial charge >= 0.3 is 5.96 Å². The van der Waals surface area contributed by atoms with Crippen LogP contribution in [0.15, 0.2) is 126 Å². The Morgan fingerprint density at radius 2 is 0.804 bits per heavy atom. The smallest absolute Gasteiger partial charge is 0.335 e. The third-order valence-electron chi connectivity index (χ3n) is 18.2. The number of hydrogen-bond donors (Lipinski definition) is 16. The van der Waals surface area contributed by atoms with Crippen LogP contribution in [0.3, 0.4) is 0 Å². The van der Waals surface area contributed by atoms with Gasteiger partial charge in [-0.15, -0.1) is 65.9 Å². The number of nitrogens with zero attached hydrogens (tertiary/aromatic N) is 11. The van der Waals surface area contributed by atoms with Crippen molar-refractivity contribution in [1.82, 2.24) is 25.0 Å². The lowest BCUT2D eigenvalue weighted by Crippen LogP contribution is -2.46. The Balaban J connectivity index is 0.000000209. The van der Waals surface area contributed by atoms with Gasteiger partial charge in [0.05, 0.1) is 40.3 Å². The highest BCUT2D eigenvalue weighted by molar-refractivity contribution is 14.1. The van der Waals surface area contributed by atoms with Gasteiger partial charge in [0.1, 0.15) is 108 Å². The van der Waals surface area contributed by atoms with Crippen LogP contribution >= 0.6 is 57.0 Å². The second kappa shape index (κ2) is 37.7. The molecule has 10 heterocycles. The molecule has 0 aliphatic carbocycles. The van der Waals surface area contributed by atoms with Gasteiger partial charge in [-0.05, 0) is 172 Å². The lowest BCUT2D eigenvalue weighted by molar-refractivity contribution is -0.578. The maximum absolute atomic E-state index is 10.3. The van der Waals surface area contributed by atoms with Crippen LogP contribution in [0.1, 0.15) is 39.0 Å². The Morgan fingerprint density at radius 3 is 1.20 bits per heavy atom. The molecular formula is C69H120IN17O15P5+. The first-order valence-electron chi connectivity index (χ1n) is 34.7. The van der Waals surface area contributed by atoms with Gasteiger partial charge in [-0.1, -0.05) is 31.3 Å². The summed E-state index contributed by atoms with van der Waals surface area (Å²) in [5.41, 5.74) is 28.9. The predicted octanol–water partition coefficient (Wildman–Crippen LogP) is 0.348. The predicted molar refractivity (Wildman–Crippen MR) is 454 cm³/mol. The summed E-state index contributed by atoms with van der Waals surface area (Å²) in [6, 6.07) is 0. The molecule has 5 fully saturated rings. The molecule has 107 heavy (non-hydrogen) atoms. The quantitative estimate of drug-likeness (QED) is 0.0444. The number of ether oxygens (including phenoxy) is 5. The van der Waals surface area contributed by atoms with Crippen LogP contribution in [0, 0.1) is 0 Å². The van der Waals surface area contributed by atoms with E-state index in [-0.39, 0.29) is 17.6 Å². The fourth-order valence-corrected chi connectivity index (χ4v) is 17.1. The number of aliphatic imine (C=N–C) groups is 5. The minimum atomic E-state index is -1.21. The van der Waals surface area contributed by atoms with Gasteiger partial charge in [-0.25, -0.2) is 34.9 Å². The van der Waals surface area contributed by atoms with Crippen molar-refractivity contribution in [2.24, 2.45) is 58.7 Å². The zero-order valence-electron chi connectivity index (χ0n) is 63.6. The number of nitrogens with two attached hydrogens (primary N) is 5. The van der Waals surface area contributed by atoms with Crippen molar-refractivity contribution in [2.75, 3.05) is 97.5 Å². The van der Waals surface area contributed by atoms with Crippen molar-refractivity contribution in [1.29, 1.82) is 0 Å². The van der Waals surface area contributed by atoms with Crippen molar-refractivity contribution in [3.8, 4) is 0 Å². The standard InChI is InChI=1S/C15H26N3O3P.C14H23IN3O3P.C14H24N3O3P.2C13H23N4O3P/c1-9-8-18(10(2)17-14(9)16)15-13(20)12(19)11(21-15)6-7-22(3,4)5;1-8-17-13(16)9(15)7-18(8)14-12(20)11(19)10(21-14)5-6-22(2,3)4;1-9-16-11(15)5-7-17(9)14-13(19)12(18)10(20-14)6-8-21(2,3)4;1-8-16-13(14)15-7-17(8)12-11(19)10(18)9(20-12)5-6-21(2,3)4;1-8-16-10(14)7-15-17(8)13-12(19)11(18)9(20-13)5-6-21(2,3)4/h8,11-13,15,19-20H,2-3,6-7H2,1,4-5H3,(H2,16,17);7,10-12,14,19-20H,1-2,5-6H2,3-4H3,(H2,16,17);5,7,10,12-14,18-19H,1-2,6,8H2,3-4H3,(H2,15,16);7,9-12,18-19H,1-2,5-6H2,3-4H3,(H2,14,16);7,9,11-13,18-19H,1-2,5-6H2,3-4H3,(H2,14,16)/p+1/t11-,12-,13-,15-;10-,11-,12-,14-;10-,12-,13-,14-;9-,10-,11-,12-;9-,11-,12-,13-/m11111/s1. The van der Waals surface area contributed by atoms with E-state index in [1.165, 1.54) is 22.1 Å². The molecule has 0 bridgehead atoms. The molecule has 20 atom stereocenters. The molecular weight excluding hydrogens is 1590 g/mol. The van der Waals surface area contributed by atoms with Gasteiger partial charge in [-0.3, -0.25) is 0 Å². The molecule has 10 aliphatic heterocycles. The summed E-state index contributed by atoms with van der Waals surface area (Å²) in [6.07, 6.45) is 22.5. The first-order valence-corrected chi connectivity index (χ1v) is 51.0. The van der Waals surface area contributed by atoms with Crippen LogP contribution < -0.4 is 34.0 Å². The van der Waals surface area contributed by atoms with Gasteiger partial charge in [-0.2, -0.15) is 5.10 Å². The summed E-state index contributed by atoms with van der Waals surface area (Å²) in [5.74, 6) is 3.49. The zero-order valence-corrected chi connectivity index (χ0v) is 70.2. The average molecular weight is 1710 g/mol. The number of guanidine groups is 1. The van der Waals surface area contributed by atoms with E-state index in [0.29, 0.717) is 72.9 Å². The molecule has 0 aromatic rings. The summed E-state index contributed by atoms with van der Waals surface area (Å²) >= 11 is 2.06. The molecule has 32 nitrogen and oxygen atoms in total. The van der Waals surface area contributed by atoms with Crippen LogP contribution in [-0.2, 0) is 23.7 Å². The van der Waals surface area contributed by atoms with Crippen molar-refractivity contribution in [2.45, 2.75) is 162 Å². The van der Waals surface area contributed by atoms with Crippen LogP contribution in [-0.4, -0.2) is 369 Å². The van der Waals surface area contributed by atoms with Crippen LogP contribution in [0.4, 0.5) is 0 Å². The van der Waals surface area contributed by atoms with Gasteiger partial charge in [0.25, 0.3) is 0 Å². The Morgan fingerprint density at radius 1 is 0.458 bits per heavy atom. The molecule has 5 saturated heterocycles. The minimum Gasteiger partial charge on any atom is -0.388 e. The Hall–Kier alpha value is -4.76. The Bertz CT molecular complexity index is 3660. The Kier molecular flexibility index (Phi) is 32.1. The number of nitrogens with one attached hydrogen (secondary N) is 1. The normalized spacial score (nSPS) is 33.2. The number of aliphatic hydroxyl groups is 10. The highest BCUT2D eigenvalue weighted by Crippen LogP contribution is 2.44. The number of aliphatic hydroxyl groups excluding tert-OH is 10. The number of hydrogen-bond acceptors (Lipinski definition) is 31. The lowest BCUT2D eigenvalue weighted by atomic mass is 10.1. The summed E-state index contributed by atoms with van der Waals surface area (Å²) in [6.45, 7) is 36.1. The number of hydrazone groups is 1. The lowest BCUT2D eigenvalue weighted by Gasteiger charge is -2.31. The molecule has 0 radical (unpaired) electrons. The molecule has 0 saturated carbocycles. The summed E-state index contributed by atoms with van der Waals surface area (Å²) in [5, 5.41) is 110. The van der Waals surface area contributed by atoms with Gasteiger partial charge < -0.3 is 118 Å². The van der Waals surface area contributed by atoms with Gasteiger partial charge in [0.2, 0.25) is 18.4 Å². The molecule has 0 amide bonds. The fourth-order valence-electron chi connectivity index (χ4n) is 11.9. The van der Waals surface area contributed by atoms with E-state index in [9.17, 15) is 51.1 Å². The second-order valence-electron chi connectivity index (χ2n) is 31.2. The summed E-state index contributed by atoms with van der Waals surface area (Å²) < 4.78 is 31.4. The fraction of sp³-hybridized carbons (Fsp3) is 0.594. The molecule has 21 N–H and O–H groups in total. The summed E-state index contributed by atoms with van der Waals surface area (Å²) in [7, 11) is 0. The van der Waals surface area contributed by atoms with Crippen LogP contribution in [0.25, 0.3) is 0 Å². The number of amidine groups is 4. The molecule has 0 spiro atoms. The maximum Gasteiger partial charge on any atom is 0.335 e. The molecule has 0 aromatic heterocycles. The Labute approximate surface area is 644 Å². The monoisotopic (exact) mass is 1710 g/mol. The van der Waals surface area contributed by atoms with Gasteiger partial charge in [0, 0.05) is 24.2 Å². The number of rotatable bonds is 20. The second-order valence-corrected chi connectivity index (χ2v) is 54.0. The van der Waals surface area contributed by atoms with Crippen molar-refractivity contribution < 1.29 is 79.3 Å². The molecule has 0 unspecified atom stereocenters. The van der Waals surface area contributed by atoms with E-state index in [1.54, 1.807) is 39.4 Å². The highest BCUT2D eigenvalue weighted by Gasteiger charge is 2.51. The van der Waals surface area contributed by atoms with E-state index >= 15 is 0 Å². The molecule has 0 aromatic carbocycles. The maximum atomic E-state index is 10.3.